The van der Waals surface area contributed by atoms with Gasteiger partial charge >= 0.3 is 24.0 Å². The second-order valence-corrected chi connectivity index (χ2v) is 19.6. The number of aliphatic hydroxyl groups excluding tert-OH is 1. The fourth-order valence-electron chi connectivity index (χ4n) is 10.8. The monoisotopic (exact) mass is 883 g/mol. The molecule has 0 spiro atoms. The van der Waals surface area contributed by atoms with E-state index in [-0.39, 0.29) is 12.2 Å². The van der Waals surface area contributed by atoms with Crippen LogP contribution in [0.1, 0.15) is 96.7 Å². The molecule has 17 heteroatoms. The van der Waals surface area contributed by atoms with Crippen LogP contribution in [0, 0.1) is 22.6 Å². The van der Waals surface area contributed by atoms with Gasteiger partial charge < -0.3 is 53.6 Å². The van der Waals surface area contributed by atoms with Crippen molar-refractivity contribution in [3.05, 3.63) is 76.9 Å². The van der Waals surface area contributed by atoms with Crippen molar-refractivity contribution in [3.63, 3.8) is 0 Å². The maximum absolute atomic E-state index is 15.5. The van der Waals surface area contributed by atoms with Gasteiger partial charge in [0, 0.05) is 36.9 Å². The molecule has 2 aromatic rings. The Kier molecular flexibility index (Phi) is 12.0. The lowest BCUT2D eigenvalue weighted by Gasteiger charge is -2.68. The predicted octanol–water partition coefficient (Wildman–Crippen LogP) is 4.56. The van der Waals surface area contributed by atoms with E-state index in [9.17, 15) is 24.3 Å². The molecule has 1 aromatic heterocycles. The van der Waals surface area contributed by atoms with Gasteiger partial charge in [0.1, 0.15) is 53.2 Å². The number of ether oxygens (including phenoxy) is 7. The zero-order valence-corrected chi connectivity index (χ0v) is 37.5. The number of esters is 3. The minimum atomic E-state index is -2.14. The smallest absolute Gasteiger partial charge is 0.408 e. The van der Waals surface area contributed by atoms with Crippen LogP contribution in [0.3, 0.4) is 0 Å². The van der Waals surface area contributed by atoms with Crippen LogP contribution in [0.5, 0.6) is 0 Å². The van der Waals surface area contributed by atoms with Crippen molar-refractivity contribution in [2.24, 2.45) is 16.7 Å². The number of halogens is 1. The van der Waals surface area contributed by atoms with Crippen molar-refractivity contribution in [2.45, 2.75) is 140 Å². The highest BCUT2D eigenvalue weighted by Gasteiger charge is 2.77. The van der Waals surface area contributed by atoms with Crippen molar-refractivity contribution in [1.82, 2.24) is 15.2 Å². The quantitative estimate of drug-likeness (QED) is 0.161. The number of likely N-dealkylation sites (N-methyl/N-ethyl adjacent to an activating group) is 1. The highest BCUT2D eigenvalue weighted by Crippen LogP contribution is 2.66. The van der Waals surface area contributed by atoms with Gasteiger partial charge in [0.2, 0.25) is 1.43 Å². The van der Waals surface area contributed by atoms with E-state index in [4.69, 9.17) is 39.7 Å². The molecule has 0 unspecified atom stereocenters. The van der Waals surface area contributed by atoms with E-state index in [1.807, 2.05) is 25.9 Å². The molecule has 2 aliphatic heterocycles. The van der Waals surface area contributed by atoms with Gasteiger partial charge in [-0.3, -0.25) is 9.78 Å². The Labute approximate surface area is 368 Å². The molecule has 4 fully saturated rings. The minimum Gasteiger partial charge on any atom is -0.456 e. The molecule has 2 saturated carbocycles. The van der Waals surface area contributed by atoms with E-state index in [0.717, 1.165) is 6.07 Å². The fourth-order valence-corrected chi connectivity index (χ4v) is 10.8. The number of carbonyl (C=O) groups is 4. The molecule has 344 valence electrons. The van der Waals surface area contributed by atoms with Gasteiger partial charge in [0.05, 0.1) is 24.2 Å². The number of rotatable bonds is 11. The van der Waals surface area contributed by atoms with Gasteiger partial charge in [-0.15, -0.1) is 0 Å². The summed E-state index contributed by atoms with van der Waals surface area (Å²) in [5.41, 5.74) is -6.15. The number of nitrogens with zero attached hydrogens (tertiary/aromatic N) is 2. The van der Waals surface area contributed by atoms with Gasteiger partial charge in [-0.2, -0.15) is 0 Å². The number of aromatic nitrogens is 1. The second-order valence-electron chi connectivity index (χ2n) is 19.6. The largest absolute Gasteiger partial charge is 0.456 e. The molecule has 1 aromatic carbocycles. The fraction of sp³-hybridized carbons (Fsp3) is 0.630. The molecule has 3 heterocycles. The molecular formula is C46H60FN3O13. The first-order valence-corrected chi connectivity index (χ1v) is 21.4. The first-order valence-electron chi connectivity index (χ1n) is 21.8. The summed E-state index contributed by atoms with van der Waals surface area (Å²) in [5, 5.41) is 21.3. The Hall–Kier alpha value is -4.52. The van der Waals surface area contributed by atoms with Crippen LogP contribution in [0.15, 0.2) is 59.8 Å². The molecule has 2 saturated heterocycles. The van der Waals surface area contributed by atoms with Crippen molar-refractivity contribution >= 4 is 24.0 Å². The lowest BCUT2D eigenvalue weighted by atomic mass is 9.45. The lowest BCUT2D eigenvalue weighted by molar-refractivity contribution is -0.345. The highest BCUT2D eigenvalue weighted by molar-refractivity contribution is 5.89. The Morgan fingerprint density at radius 3 is 2.40 bits per heavy atom. The van der Waals surface area contributed by atoms with Crippen LogP contribution >= 0.6 is 0 Å². The van der Waals surface area contributed by atoms with Gasteiger partial charge in [-0.1, -0.05) is 39.0 Å². The summed E-state index contributed by atoms with van der Waals surface area (Å²) in [6.07, 6.45) is -7.25. The van der Waals surface area contributed by atoms with Crippen LogP contribution in [0.4, 0.5) is 9.18 Å². The third kappa shape index (κ3) is 8.25. The first kappa shape index (κ1) is 45.1. The standard InChI is InChI=1S/C46H60FN3O13/c1-24-28(58-40(54)34(52)33(32-27(47)17-14-20-48-32)49-41(55)63-42(3,4)5)21-46(56)38(61-39(53)26-15-12-11-13-16-26)36-44(8,19-18-29-45(36,23-57-29)62-25(2)51)37-35(31(24)43(46,6)7)59-30(60-37)22-50(9)10/h11-17,20,28-30,33-38,52,56H,18-19,21-23H2,1-10H3,(H,49,55)/t28-,29+,30+,33-,34+,35+,36-,37+,38-,44+,45-,46+/m0/s1/i52T. The van der Waals surface area contributed by atoms with E-state index < -0.39 is 124 Å². The van der Waals surface area contributed by atoms with Crippen LogP contribution in [-0.4, -0.2) is 132 Å². The molecule has 1 amide bonds. The van der Waals surface area contributed by atoms with Crippen LogP contribution in [-0.2, 0) is 42.7 Å². The van der Waals surface area contributed by atoms with E-state index in [2.05, 4.69) is 10.3 Å². The third-order valence-electron chi connectivity index (χ3n) is 13.6. The van der Waals surface area contributed by atoms with Crippen LogP contribution in [0.25, 0.3) is 0 Å². The van der Waals surface area contributed by atoms with Crippen LogP contribution < -0.4 is 5.32 Å². The molecular weight excluding hydrogens is 822 g/mol. The average molecular weight is 884 g/mol. The zero-order chi connectivity index (χ0) is 46.7. The Bertz CT molecular complexity index is 2150. The minimum absolute atomic E-state index is 0.0639. The highest BCUT2D eigenvalue weighted by atomic mass is 19.1. The van der Waals surface area contributed by atoms with Gasteiger partial charge in [0.15, 0.2) is 18.0 Å². The normalized spacial score (nSPS) is 34.3. The summed E-state index contributed by atoms with van der Waals surface area (Å²) < 4.78 is 68.1. The third-order valence-corrected chi connectivity index (χ3v) is 13.6. The molecule has 12 atom stereocenters. The topological polar surface area (TPSA) is 202 Å². The maximum atomic E-state index is 15.5. The molecule has 7 rings (SSSR count). The number of aliphatic hydroxyl groups is 2. The molecule has 0 radical (unpaired) electrons. The van der Waals surface area contributed by atoms with E-state index >= 15 is 4.39 Å². The summed E-state index contributed by atoms with van der Waals surface area (Å²) >= 11 is 0. The average Bonchev–Trinajstić information content (AvgIpc) is 3.60. The number of hydrogen-bond acceptors (Lipinski definition) is 15. The Morgan fingerprint density at radius 2 is 1.79 bits per heavy atom. The first-order chi connectivity index (χ1) is 30.0. The van der Waals surface area contributed by atoms with Crippen molar-refractivity contribution in [3.8, 4) is 0 Å². The van der Waals surface area contributed by atoms with Gasteiger partial charge in [-0.05, 0) is 90.0 Å². The molecule has 3 aliphatic carbocycles. The maximum Gasteiger partial charge on any atom is 0.408 e. The summed E-state index contributed by atoms with van der Waals surface area (Å²) in [4.78, 5) is 61.3. The van der Waals surface area contributed by atoms with Crippen molar-refractivity contribution < 1.29 is 66.9 Å². The molecule has 3 N–H and O–H groups in total. The van der Waals surface area contributed by atoms with E-state index in [0.29, 0.717) is 30.5 Å². The van der Waals surface area contributed by atoms with Crippen LogP contribution in [0.2, 0.25) is 0 Å². The Balaban J connectivity index is 1.40. The number of alkyl carbamates (subject to hydrolysis) is 1. The molecule has 16 nitrogen and oxygen atoms in total. The predicted molar refractivity (Wildman–Crippen MR) is 221 cm³/mol. The number of pyridine rings is 1. The number of benzene rings is 1. The zero-order valence-electron chi connectivity index (χ0n) is 38.5. The summed E-state index contributed by atoms with van der Waals surface area (Å²) in [7, 11) is 3.75. The van der Waals surface area contributed by atoms with Crippen molar-refractivity contribution in [1.29, 1.82) is 1.43 Å². The summed E-state index contributed by atoms with van der Waals surface area (Å²) in [6.45, 7) is 13.7. The lowest BCUT2D eigenvalue weighted by Crippen LogP contribution is -2.79. The number of hydrogen-bond donors (Lipinski definition) is 3. The number of amides is 1. The Morgan fingerprint density at radius 1 is 1.08 bits per heavy atom. The van der Waals surface area contributed by atoms with Gasteiger partial charge in [-0.25, -0.2) is 18.8 Å². The SMILES string of the molecule is [3H]O[C@@H](C(=O)O[C@H]1C[C@@]2(O)[C@@H](OC(=O)c3ccccc3)[C@H]3[C@@](C)(CC[C@H]4OC[C@]43OC(C)=O)[C@@H]3O[C@H](CN(C)C)O[C@@H]3C(=C1C)C2(C)C)[C@@H](NC(=O)OC(C)(C)C)c1ncccc1F. The van der Waals surface area contributed by atoms with Crippen molar-refractivity contribution in [2.75, 3.05) is 27.2 Å². The van der Waals surface area contributed by atoms with E-state index in [1.165, 1.54) is 19.2 Å². The number of fused-ring (bicyclic) bond motifs is 8. The second kappa shape index (κ2) is 16.8. The van der Waals surface area contributed by atoms with E-state index in [1.54, 1.807) is 71.9 Å². The molecule has 2 bridgehead atoms. The molecule has 63 heavy (non-hydrogen) atoms. The molecule has 5 aliphatic rings. The number of carbonyl (C=O) groups excluding carboxylic acids is 4. The number of nitrogens with one attached hydrogen (secondary N) is 1. The van der Waals surface area contributed by atoms with Gasteiger partial charge in [0.25, 0.3) is 0 Å². The summed E-state index contributed by atoms with van der Waals surface area (Å²) in [6, 6.07) is 8.93. The summed E-state index contributed by atoms with van der Waals surface area (Å²) in [5.74, 6) is -4.49.